The number of hydrogen-bond acceptors (Lipinski definition) is 6. The first kappa shape index (κ1) is 16.4. The number of carbonyl (C=O) groups excluding carboxylic acids is 1. The highest BCUT2D eigenvalue weighted by Crippen LogP contribution is 2.22. The normalized spacial score (nSPS) is 23.9. The van der Waals surface area contributed by atoms with E-state index in [1.807, 2.05) is 0 Å². The van der Waals surface area contributed by atoms with Gasteiger partial charge >= 0.3 is 0 Å². The summed E-state index contributed by atoms with van der Waals surface area (Å²) in [4.78, 5) is 18.6. The quantitative estimate of drug-likeness (QED) is 0.862. The van der Waals surface area contributed by atoms with Crippen LogP contribution in [0.3, 0.4) is 0 Å². The molecule has 0 aliphatic carbocycles. The van der Waals surface area contributed by atoms with Gasteiger partial charge in [-0.1, -0.05) is 11.6 Å². The van der Waals surface area contributed by atoms with E-state index in [1.165, 1.54) is 25.5 Å². The van der Waals surface area contributed by atoms with Gasteiger partial charge < -0.3 is 15.5 Å². The number of likely N-dealkylation sites (N-methyl/N-ethyl adjacent to an activating group) is 1. The highest BCUT2D eigenvalue weighted by molar-refractivity contribution is 6.29. The highest BCUT2D eigenvalue weighted by Gasteiger charge is 2.28. The number of piperidine rings is 1. The minimum atomic E-state index is -0.520. The molecule has 0 aromatic carbocycles. The summed E-state index contributed by atoms with van der Waals surface area (Å²) in [7, 11) is 2.19. The lowest BCUT2D eigenvalue weighted by atomic mass is 10.0. The van der Waals surface area contributed by atoms with Crippen LogP contribution in [0.2, 0.25) is 5.15 Å². The van der Waals surface area contributed by atoms with Gasteiger partial charge in [0.05, 0.1) is 5.56 Å². The molecule has 1 aromatic rings. The lowest BCUT2D eigenvalue weighted by Gasteiger charge is -2.43. The van der Waals surface area contributed by atoms with E-state index >= 15 is 0 Å². The van der Waals surface area contributed by atoms with Gasteiger partial charge in [-0.15, -0.1) is 10.2 Å². The van der Waals surface area contributed by atoms with Crippen molar-refractivity contribution in [1.82, 2.24) is 20.0 Å². The molecule has 3 heterocycles. The number of nitrogens with two attached hydrogens (primary N) is 1. The Hall–Kier alpha value is -1.44. The number of aromatic nitrogens is 2. The predicted octanol–water partition coefficient (Wildman–Crippen LogP) is 0.445. The molecule has 2 aliphatic rings. The van der Waals surface area contributed by atoms with Gasteiger partial charge in [-0.05, 0) is 32.5 Å². The van der Waals surface area contributed by atoms with Crippen LogP contribution in [0.25, 0.3) is 0 Å². The molecule has 8 heteroatoms. The fourth-order valence-electron chi connectivity index (χ4n) is 3.51. The Kier molecular flexibility index (Phi) is 4.99. The number of hydrogen-bond donors (Lipinski definition) is 1. The molecule has 3 rings (SSSR count). The van der Waals surface area contributed by atoms with Crippen LogP contribution < -0.4 is 10.6 Å². The number of anilines is 1. The van der Waals surface area contributed by atoms with E-state index < -0.39 is 5.91 Å². The minimum Gasteiger partial charge on any atom is -0.365 e. The van der Waals surface area contributed by atoms with E-state index in [2.05, 4.69) is 31.9 Å². The fourth-order valence-corrected chi connectivity index (χ4v) is 3.66. The van der Waals surface area contributed by atoms with Crippen LogP contribution in [0.5, 0.6) is 0 Å². The number of halogens is 1. The van der Waals surface area contributed by atoms with Gasteiger partial charge in [0.25, 0.3) is 5.91 Å². The summed E-state index contributed by atoms with van der Waals surface area (Å²) in [5.74, 6) is 0.0236. The first-order chi connectivity index (χ1) is 11.0. The van der Waals surface area contributed by atoms with E-state index in [1.54, 1.807) is 0 Å². The van der Waals surface area contributed by atoms with Crippen molar-refractivity contribution in [1.29, 1.82) is 0 Å². The average molecular weight is 339 g/mol. The van der Waals surface area contributed by atoms with Crippen molar-refractivity contribution in [2.24, 2.45) is 5.73 Å². The van der Waals surface area contributed by atoms with Gasteiger partial charge in [0, 0.05) is 38.8 Å². The molecule has 0 spiro atoms. The number of carbonyl (C=O) groups is 1. The van der Waals surface area contributed by atoms with E-state index in [0.717, 1.165) is 32.7 Å². The maximum absolute atomic E-state index is 11.6. The van der Waals surface area contributed by atoms with Gasteiger partial charge in [0.2, 0.25) is 0 Å². The predicted molar refractivity (Wildman–Crippen MR) is 89.9 cm³/mol. The van der Waals surface area contributed by atoms with E-state index in [-0.39, 0.29) is 5.15 Å². The maximum Gasteiger partial charge on any atom is 0.252 e. The third-order valence-electron chi connectivity index (χ3n) is 4.74. The molecule has 1 atom stereocenters. The first-order valence-corrected chi connectivity index (χ1v) is 8.43. The molecule has 2 fully saturated rings. The van der Waals surface area contributed by atoms with Crippen LogP contribution in [-0.4, -0.2) is 78.3 Å². The average Bonchev–Trinajstić information content (AvgIpc) is 2.55. The van der Waals surface area contributed by atoms with Crippen molar-refractivity contribution >= 4 is 23.3 Å². The second-order valence-electron chi connectivity index (χ2n) is 6.35. The summed E-state index contributed by atoms with van der Waals surface area (Å²) in [5, 5.41) is 8.14. The largest absolute Gasteiger partial charge is 0.365 e. The van der Waals surface area contributed by atoms with Crippen LogP contribution >= 0.6 is 11.6 Å². The molecular formula is C15H23ClN6O. The second kappa shape index (κ2) is 6.98. The van der Waals surface area contributed by atoms with Crippen molar-refractivity contribution in [3.05, 3.63) is 16.8 Å². The Morgan fingerprint density at radius 3 is 2.65 bits per heavy atom. The van der Waals surface area contributed by atoms with Gasteiger partial charge in [-0.3, -0.25) is 9.69 Å². The number of primary amides is 1. The lowest BCUT2D eigenvalue weighted by Crippen LogP contribution is -2.55. The molecule has 2 aliphatic heterocycles. The van der Waals surface area contributed by atoms with Gasteiger partial charge in [0.15, 0.2) is 11.0 Å². The third kappa shape index (κ3) is 3.73. The summed E-state index contributed by atoms with van der Waals surface area (Å²) in [6, 6.07) is 2.12. The summed E-state index contributed by atoms with van der Waals surface area (Å²) in [5.41, 5.74) is 5.79. The van der Waals surface area contributed by atoms with E-state index in [4.69, 9.17) is 17.3 Å². The van der Waals surface area contributed by atoms with Gasteiger partial charge in [0.1, 0.15) is 0 Å². The fraction of sp³-hybridized carbons (Fsp3) is 0.667. The zero-order valence-corrected chi connectivity index (χ0v) is 14.2. The molecule has 1 unspecified atom stereocenters. The van der Waals surface area contributed by atoms with Crippen molar-refractivity contribution < 1.29 is 4.79 Å². The van der Waals surface area contributed by atoms with Crippen LogP contribution in [0.4, 0.5) is 5.82 Å². The molecule has 126 valence electrons. The van der Waals surface area contributed by atoms with Crippen molar-refractivity contribution in [3.8, 4) is 0 Å². The summed E-state index contributed by atoms with van der Waals surface area (Å²) >= 11 is 5.83. The van der Waals surface area contributed by atoms with Crippen LogP contribution in [0, 0.1) is 0 Å². The third-order valence-corrected chi connectivity index (χ3v) is 4.92. The molecule has 0 saturated carbocycles. The first-order valence-electron chi connectivity index (χ1n) is 8.05. The van der Waals surface area contributed by atoms with E-state index in [9.17, 15) is 4.79 Å². The number of amides is 1. The molecule has 7 nitrogen and oxygen atoms in total. The second-order valence-corrected chi connectivity index (χ2v) is 6.74. The van der Waals surface area contributed by atoms with Crippen molar-refractivity contribution in [2.45, 2.75) is 18.9 Å². The molecule has 1 aromatic heterocycles. The number of nitrogens with zero attached hydrogens (tertiary/aromatic N) is 5. The zero-order chi connectivity index (χ0) is 16.4. The molecule has 1 amide bonds. The summed E-state index contributed by atoms with van der Waals surface area (Å²) in [6.07, 6.45) is 2.52. The Labute approximate surface area is 141 Å². The van der Waals surface area contributed by atoms with Gasteiger partial charge in [-0.2, -0.15) is 0 Å². The van der Waals surface area contributed by atoms with E-state index in [0.29, 0.717) is 17.4 Å². The van der Waals surface area contributed by atoms with Gasteiger partial charge in [-0.25, -0.2) is 0 Å². The lowest BCUT2D eigenvalue weighted by molar-refractivity contribution is 0.0996. The Balaban J connectivity index is 1.66. The van der Waals surface area contributed by atoms with Crippen LogP contribution in [-0.2, 0) is 0 Å². The molecule has 0 bridgehead atoms. The minimum absolute atomic E-state index is 0.187. The van der Waals surface area contributed by atoms with Crippen LogP contribution in [0.1, 0.15) is 23.2 Å². The number of likely N-dealkylation sites (tertiary alicyclic amines) is 1. The molecule has 2 N–H and O–H groups in total. The van der Waals surface area contributed by atoms with Crippen LogP contribution in [0.15, 0.2) is 6.07 Å². The Morgan fingerprint density at radius 1 is 1.26 bits per heavy atom. The SMILES string of the molecule is CN1CCCC(N2CCN(c3nnc(Cl)cc3C(N)=O)CC2)C1. The van der Waals surface area contributed by atoms with Crippen molar-refractivity contribution in [3.63, 3.8) is 0 Å². The smallest absolute Gasteiger partial charge is 0.252 e. The topological polar surface area (TPSA) is 78.6 Å². The standard InChI is InChI=1S/C15H23ClN6O/c1-20-4-2-3-11(10-20)21-5-7-22(8-6-21)15-12(14(17)23)9-13(16)18-19-15/h9,11H,2-8,10H2,1H3,(H2,17,23). The number of rotatable bonds is 3. The highest BCUT2D eigenvalue weighted by atomic mass is 35.5. The summed E-state index contributed by atoms with van der Waals surface area (Å²) in [6.45, 7) is 5.88. The monoisotopic (exact) mass is 338 g/mol. The Morgan fingerprint density at radius 2 is 2.00 bits per heavy atom. The number of piperazine rings is 1. The van der Waals surface area contributed by atoms with Crippen molar-refractivity contribution in [2.75, 3.05) is 51.2 Å². The molecule has 2 saturated heterocycles. The Bertz CT molecular complexity index is 575. The molecular weight excluding hydrogens is 316 g/mol. The summed E-state index contributed by atoms with van der Waals surface area (Å²) < 4.78 is 0. The zero-order valence-electron chi connectivity index (χ0n) is 13.4. The maximum atomic E-state index is 11.6. The molecule has 0 radical (unpaired) electrons. The molecule has 23 heavy (non-hydrogen) atoms.